The van der Waals surface area contributed by atoms with Gasteiger partial charge in [0, 0.05) is 37.9 Å². The van der Waals surface area contributed by atoms with Gasteiger partial charge in [-0.15, -0.1) is 12.4 Å². The lowest BCUT2D eigenvalue weighted by Gasteiger charge is -2.64. The van der Waals surface area contributed by atoms with E-state index in [9.17, 15) is 0 Å². The maximum absolute atomic E-state index is 2.79. The van der Waals surface area contributed by atoms with Crippen molar-refractivity contribution in [2.24, 2.45) is 23.2 Å². The van der Waals surface area contributed by atoms with E-state index in [1.165, 1.54) is 121 Å². The van der Waals surface area contributed by atoms with Crippen LogP contribution in [0.3, 0.4) is 0 Å². The van der Waals surface area contributed by atoms with E-state index < -0.39 is 0 Å². The minimum Gasteiger partial charge on any atom is -0.369 e. The fourth-order valence-corrected chi connectivity index (χ4v) is 11.7. The fraction of sp³-hybridized carbons (Fsp3) is 0.684. The summed E-state index contributed by atoms with van der Waals surface area (Å²) in [5.74, 6) is 3.02. The Morgan fingerprint density at radius 3 is 2.05 bits per heavy atom. The number of rotatable bonds is 6. The van der Waals surface area contributed by atoms with Crippen LogP contribution < -0.4 is 4.90 Å². The van der Waals surface area contributed by atoms with Crippen molar-refractivity contribution in [1.82, 2.24) is 4.90 Å². The average molecular weight is 573 g/mol. The number of hydrogen-bond acceptors (Lipinski definition) is 2. The Labute approximate surface area is 256 Å². The molecule has 4 bridgehead atoms. The molecule has 7 aliphatic rings. The molecule has 0 amide bonds. The third-order valence-electron chi connectivity index (χ3n) is 13.0. The monoisotopic (exact) mass is 572 g/mol. The molecule has 1 aliphatic heterocycles. The Morgan fingerprint density at radius 1 is 0.683 bits per heavy atom. The van der Waals surface area contributed by atoms with Crippen LogP contribution in [0.1, 0.15) is 113 Å². The summed E-state index contributed by atoms with van der Waals surface area (Å²) < 4.78 is 0. The van der Waals surface area contributed by atoms with Gasteiger partial charge in [0.2, 0.25) is 0 Å². The van der Waals surface area contributed by atoms with Gasteiger partial charge in [0.05, 0.1) is 0 Å². The Balaban J connectivity index is 0.00000276. The molecule has 2 unspecified atom stereocenters. The second-order valence-electron chi connectivity index (χ2n) is 15.4. The number of anilines is 1. The molecule has 3 heteroatoms. The first-order chi connectivity index (χ1) is 19.7. The lowest BCUT2D eigenvalue weighted by Crippen LogP contribution is -2.56. The minimum absolute atomic E-state index is 0. The van der Waals surface area contributed by atoms with Crippen LogP contribution >= 0.6 is 12.4 Å². The van der Waals surface area contributed by atoms with Crippen molar-refractivity contribution in [2.45, 2.75) is 114 Å². The van der Waals surface area contributed by atoms with Crippen LogP contribution in [0, 0.1) is 23.2 Å². The molecule has 6 aliphatic carbocycles. The van der Waals surface area contributed by atoms with Crippen LogP contribution in [0.2, 0.25) is 0 Å². The first-order valence-corrected chi connectivity index (χ1v) is 17.3. The Kier molecular flexibility index (Phi) is 7.95. The highest BCUT2D eigenvalue weighted by Gasteiger charge is 2.60. The van der Waals surface area contributed by atoms with Gasteiger partial charge in [-0.25, -0.2) is 0 Å². The third kappa shape index (κ3) is 5.28. The molecule has 9 rings (SSSR count). The predicted molar refractivity (Wildman–Crippen MR) is 174 cm³/mol. The molecule has 222 valence electrons. The van der Waals surface area contributed by atoms with Gasteiger partial charge in [0.1, 0.15) is 0 Å². The maximum atomic E-state index is 2.79. The van der Waals surface area contributed by atoms with Crippen molar-refractivity contribution in [1.29, 1.82) is 0 Å². The molecule has 0 aromatic heterocycles. The molecular weight excluding hydrogens is 520 g/mol. The SMILES string of the molecule is Cl.c1ccc(C23CC4CC(C2)CC(C2CCCC2)(C4)C3)c(Cc2ccc(N3CCN(C4CCCCC4)CC3)cc2)c1. The first-order valence-electron chi connectivity index (χ1n) is 17.3. The Morgan fingerprint density at radius 2 is 1.34 bits per heavy atom. The van der Waals surface area contributed by atoms with E-state index in [0.29, 0.717) is 10.8 Å². The van der Waals surface area contributed by atoms with E-state index in [1.807, 2.05) is 0 Å². The zero-order valence-electron chi connectivity index (χ0n) is 25.4. The largest absolute Gasteiger partial charge is 0.369 e. The number of nitrogens with zero attached hydrogens (tertiary/aromatic N) is 2. The van der Waals surface area contributed by atoms with Crippen LogP contribution in [0.15, 0.2) is 48.5 Å². The van der Waals surface area contributed by atoms with Crippen molar-refractivity contribution in [2.75, 3.05) is 31.1 Å². The van der Waals surface area contributed by atoms with Gasteiger partial charge in [-0.1, -0.05) is 68.5 Å². The molecule has 0 N–H and O–H groups in total. The molecule has 0 radical (unpaired) electrons. The van der Waals surface area contributed by atoms with E-state index in [0.717, 1.165) is 30.2 Å². The normalized spacial score (nSPS) is 34.2. The van der Waals surface area contributed by atoms with Crippen molar-refractivity contribution >= 4 is 18.1 Å². The number of benzene rings is 2. The molecule has 1 saturated heterocycles. The predicted octanol–water partition coefficient (Wildman–Crippen LogP) is 9.18. The molecule has 2 nitrogen and oxygen atoms in total. The second kappa shape index (κ2) is 11.5. The molecule has 2 aromatic carbocycles. The molecular formula is C38H53ClN2. The maximum Gasteiger partial charge on any atom is 0.0367 e. The topological polar surface area (TPSA) is 6.48 Å². The van der Waals surface area contributed by atoms with E-state index in [4.69, 9.17) is 0 Å². The first kappa shape index (κ1) is 28.3. The summed E-state index contributed by atoms with van der Waals surface area (Å²) in [6.45, 7) is 4.86. The Hall–Kier alpha value is -1.51. The van der Waals surface area contributed by atoms with Crippen molar-refractivity contribution in [3.05, 3.63) is 65.2 Å². The molecule has 41 heavy (non-hydrogen) atoms. The molecule has 2 aromatic rings. The van der Waals surface area contributed by atoms with E-state index in [1.54, 1.807) is 24.0 Å². The number of piperazine rings is 1. The minimum atomic E-state index is 0. The van der Waals surface area contributed by atoms with Crippen LogP contribution in [-0.2, 0) is 11.8 Å². The zero-order chi connectivity index (χ0) is 26.6. The second-order valence-corrected chi connectivity index (χ2v) is 15.4. The highest BCUT2D eigenvalue weighted by Crippen LogP contribution is 2.69. The van der Waals surface area contributed by atoms with E-state index >= 15 is 0 Å². The average Bonchev–Trinajstić information content (AvgIpc) is 3.54. The van der Waals surface area contributed by atoms with Crippen molar-refractivity contribution < 1.29 is 0 Å². The van der Waals surface area contributed by atoms with Crippen molar-refractivity contribution in [3.63, 3.8) is 0 Å². The third-order valence-corrected chi connectivity index (χ3v) is 13.0. The summed E-state index contributed by atoms with van der Waals surface area (Å²) in [5, 5.41) is 0. The molecule has 0 spiro atoms. The standard InChI is InChI=1S/C38H52N2.ClH/c1-2-11-34(12-3-1)39-18-20-40(21-19-39)35-16-14-29(15-17-35)23-32-8-4-7-13-36(32)38-26-30-22-31(27-38)25-37(24-30,28-38)33-9-5-6-10-33;/h4,7-8,13-17,30-31,33-34H,1-3,5-6,9-12,18-28H2;1H. The van der Waals surface area contributed by atoms with Gasteiger partial charge in [-0.2, -0.15) is 0 Å². The van der Waals surface area contributed by atoms with E-state index in [2.05, 4.69) is 58.3 Å². The zero-order valence-corrected chi connectivity index (χ0v) is 26.2. The lowest BCUT2D eigenvalue weighted by molar-refractivity contribution is -0.102. The summed E-state index contributed by atoms with van der Waals surface area (Å²) >= 11 is 0. The summed E-state index contributed by atoms with van der Waals surface area (Å²) in [6.07, 6.45) is 23.5. The van der Waals surface area contributed by atoms with Gasteiger partial charge in [0.15, 0.2) is 0 Å². The molecule has 2 atom stereocenters. The fourth-order valence-electron chi connectivity index (χ4n) is 11.7. The lowest BCUT2D eigenvalue weighted by atomic mass is 9.40. The molecule has 6 saturated carbocycles. The highest BCUT2D eigenvalue weighted by molar-refractivity contribution is 5.85. The summed E-state index contributed by atoms with van der Waals surface area (Å²) in [6, 6.07) is 20.3. The Bertz CT molecular complexity index is 1160. The summed E-state index contributed by atoms with van der Waals surface area (Å²) in [7, 11) is 0. The van der Waals surface area contributed by atoms with Gasteiger partial charge in [0.25, 0.3) is 0 Å². The highest BCUT2D eigenvalue weighted by atomic mass is 35.5. The van der Waals surface area contributed by atoms with Crippen LogP contribution in [0.5, 0.6) is 0 Å². The number of halogens is 1. The van der Waals surface area contributed by atoms with Crippen LogP contribution in [0.25, 0.3) is 0 Å². The number of hydrogen-bond donors (Lipinski definition) is 0. The van der Waals surface area contributed by atoms with Crippen LogP contribution in [-0.4, -0.2) is 37.1 Å². The summed E-state index contributed by atoms with van der Waals surface area (Å²) in [5.41, 5.74) is 7.43. The van der Waals surface area contributed by atoms with Gasteiger partial charge in [-0.3, -0.25) is 4.90 Å². The molecule has 7 fully saturated rings. The van der Waals surface area contributed by atoms with Crippen LogP contribution in [0.4, 0.5) is 5.69 Å². The van der Waals surface area contributed by atoms with Gasteiger partial charge in [-0.05, 0) is 128 Å². The van der Waals surface area contributed by atoms with Crippen molar-refractivity contribution in [3.8, 4) is 0 Å². The van der Waals surface area contributed by atoms with E-state index in [-0.39, 0.29) is 12.4 Å². The van der Waals surface area contributed by atoms with Gasteiger partial charge >= 0.3 is 0 Å². The van der Waals surface area contributed by atoms with Gasteiger partial charge < -0.3 is 4.90 Å². The molecule has 1 heterocycles. The quantitative estimate of drug-likeness (QED) is 0.340. The smallest absolute Gasteiger partial charge is 0.0367 e. The summed E-state index contributed by atoms with van der Waals surface area (Å²) in [4.78, 5) is 5.43.